The Labute approximate surface area is 101 Å². The van der Waals surface area contributed by atoms with Gasteiger partial charge >= 0.3 is 12.1 Å². The number of halogens is 4. The van der Waals surface area contributed by atoms with Gasteiger partial charge in [-0.15, -0.1) is 0 Å². The van der Waals surface area contributed by atoms with Crippen LogP contribution in [0.1, 0.15) is 0 Å². The van der Waals surface area contributed by atoms with Gasteiger partial charge in [-0.25, -0.2) is 9.78 Å². The largest absolute Gasteiger partial charge is 0.491 e. The van der Waals surface area contributed by atoms with Crippen LogP contribution in [-0.2, 0) is 4.79 Å². The molecular weight excluding hydrogens is 305 g/mol. The number of fused-ring (bicyclic) bond motifs is 1. The van der Waals surface area contributed by atoms with E-state index >= 15 is 0 Å². The standard InChI is InChI=1S/C9H4BrF3N2O2/c10-6-3-1-2-5-7(14-4-15(5)6)17-8(16)9(11,12)13/h1-4H. The predicted octanol–water partition coefficient (Wildman–Crippen LogP) is 2.56. The Bertz CT molecular complexity index is 579. The summed E-state index contributed by atoms with van der Waals surface area (Å²) in [6, 6.07) is 4.74. The van der Waals surface area contributed by atoms with Gasteiger partial charge in [0, 0.05) is 0 Å². The second-order valence-electron chi connectivity index (χ2n) is 3.04. The van der Waals surface area contributed by atoms with Gasteiger partial charge in [0.2, 0.25) is 5.88 Å². The second-order valence-corrected chi connectivity index (χ2v) is 3.85. The van der Waals surface area contributed by atoms with Gasteiger partial charge in [0.25, 0.3) is 0 Å². The third-order valence-corrected chi connectivity index (χ3v) is 2.55. The molecule has 0 fully saturated rings. The molecule has 0 aromatic carbocycles. The molecule has 0 bridgehead atoms. The maximum absolute atomic E-state index is 12.0. The van der Waals surface area contributed by atoms with Crippen molar-refractivity contribution < 1.29 is 22.7 Å². The zero-order valence-electron chi connectivity index (χ0n) is 8.03. The summed E-state index contributed by atoms with van der Waals surface area (Å²) < 4.78 is 42.2. The average Bonchev–Trinajstić information content (AvgIpc) is 2.62. The van der Waals surface area contributed by atoms with Gasteiger partial charge in [0.05, 0.1) is 4.60 Å². The van der Waals surface area contributed by atoms with Crippen LogP contribution >= 0.6 is 15.9 Å². The van der Waals surface area contributed by atoms with Crippen molar-refractivity contribution in [3.63, 3.8) is 0 Å². The van der Waals surface area contributed by atoms with Crippen LogP contribution < -0.4 is 4.74 Å². The Balaban J connectivity index is 2.38. The van der Waals surface area contributed by atoms with Crippen molar-refractivity contribution in [3.8, 4) is 5.88 Å². The lowest BCUT2D eigenvalue weighted by Crippen LogP contribution is -2.28. The van der Waals surface area contributed by atoms with Gasteiger partial charge < -0.3 is 4.74 Å². The Morgan fingerprint density at radius 3 is 2.76 bits per heavy atom. The fraction of sp³-hybridized carbons (Fsp3) is 0.111. The Hall–Kier alpha value is -1.57. The molecular formula is C9H4BrF3N2O2. The van der Waals surface area contributed by atoms with E-state index in [2.05, 4.69) is 25.7 Å². The van der Waals surface area contributed by atoms with E-state index in [1.807, 2.05) is 0 Å². The van der Waals surface area contributed by atoms with Crippen LogP contribution in [0.4, 0.5) is 13.2 Å². The first-order valence-electron chi connectivity index (χ1n) is 4.30. The molecule has 2 rings (SSSR count). The zero-order chi connectivity index (χ0) is 12.6. The van der Waals surface area contributed by atoms with Crippen LogP contribution in [0.5, 0.6) is 5.88 Å². The quantitative estimate of drug-likeness (QED) is 0.601. The maximum atomic E-state index is 12.0. The normalized spacial score (nSPS) is 11.8. The van der Waals surface area contributed by atoms with Crippen molar-refractivity contribution in [1.82, 2.24) is 9.38 Å². The van der Waals surface area contributed by atoms with Gasteiger partial charge in [-0.1, -0.05) is 6.07 Å². The Kier molecular flexibility index (Phi) is 2.82. The summed E-state index contributed by atoms with van der Waals surface area (Å²) in [4.78, 5) is 14.3. The van der Waals surface area contributed by atoms with Gasteiger partial charge in [-0.3, -0.25) is 4.40 Å². The molecule has 8 heteroatoms. The van der Waals surface area contributed by atoms with E-state index in [1.165, 1.54) is 16.8 Å². The number of hydrogen-bond acceptors (Lipinski definition) is 3. The topological polar surface area (TPSA) is 43.6 Å². The molecule has 0 unspecified atom stereocenters. The molecule has 90 valence electrons. The highest BCUT2D eigenvalue weighted by atomic mass is 79.9. The summed E-state index contributed by atoms with van der Waals surface area (Å²) in [5.41, 5.74) is 0.261. The molecule has 0 aliphatic heterocycles. The average molecular weight is 309 g/mol. The lowest BCUT2D eigenvalue weighted by Gasteiger charge is -2.04. The van der Waals surface area contributed by atoms with Crippen molar-refractivity contribution in [3.05, 3.63) is 29.1 Å². The smallest absolute Gasteiger partial charge is 0.398 e. The van der Waals surface area contributed by atoms with Crippen molar-refractivity contribution in [2.45, 2.75) is 6.18 Å². The summed E-state index contributed by atoms with van der Waals surface area (Å²) in [5.74, 6) is -2.67. The SMILES string of the molecule is O=C(Oc1ncn2c(Br)cccc12)C(F)(F)F. The van der Waals surface area contributed by atoms with Crippen LogP contribution in [0.3, 0.4) is 0 Å². The number of carbonyl (C=O) groups is 1. The van der Waals surface area contributed by atoms with E-state index in [9.17, 15) is 18.0 Å². The number of aromatic nitrogens is 2. The highest BCUT2D eigenvalue weighted by Crippen LogP contribution is 2.24. The minimum atomic E-state index is -5.04. The van der Waals surface area contributed by atoms with Crippen molar-refractivity contribution in [2.24, 2.45) is 0 Å². The Morgan fingerprint density at radius 1 is 1.41 bits per heavy atom. The first-order valence-corrected chi connectivity index (χ1v) is 5.09. The van der Waals surface area contributed by atoms with Crippen LogP contribution in [0.25, 0.3) is 5.52 Å². The molecule has 2 aromatic rings. The summed E-state index contributed by atoms with van der Waals surface area (Å²) in [7, 11) is 0. The minimum Gasteiger partial charge on any atom is -0.398 e. The summed E-state index contributed by atoms with van der Waals surface area (Å²) >= 11 is 3.18. The maximum Gasteiger partial charge on any atom is 0.491 e. The van der Waals surface area contributed by atoms with E-state index < -0.39 is 12.1 Å². The van der Waals surface area contributed by atoms with Crippen molar-refractivity contribution in [1.29, 1.82) is 0 Å². The van der Waals surface area contributed by atoms with Gasteiger partial charge in [0.1, 0.15) is 11.8 Å². The number of nitrogens with zero attached hydrogens (tertiary/aromatic N) is 2. The molecule has 0 amide bonds. The van der Waals surface area contributed by atoms with Crippen LogP contribution in [0, 0.1) is 0 Å². The second kappa shape index (κ2) is 4.02. The highest BCUT2D eigenvalue weighted by Gasteiger charge is 2.42. The molecule has 0 spiro atoms. The molecule has 0 aliphatic carbocycles. The van der Waals surface area contributed by atoms with Crippen LogP contribution in [0.15, 0.2) is 29.1 Å². The monoisotopic (exact) mass is 308 g/mol. The molecule has 2 heterocycles. The van der Waals surface area contributed by atoms with E-state index in [1.54, 1.807) is 12.1 Å². The third-order valence-electron chi connectivity index (χ3n) is 1.91. The number of ether oxygens (including phenoxy) is 1. The molecule has 17 heavy (non-hydrogen) atoms. The van der Waals surface area contributed by atoms with E-state index in [-0.39, 0.29) is 11.4 Å². The van der Waals surface area contributed by atoms with Gasteiger partial charge in [0.15, 0.2) is 0 Å². The minimum absolute atomic E-state index is 0.261. The lowest BCUT2D eigenvalue weighted by atomic mass is 10.4. The number of imidazole rings is 1. The number of rotatable bonds is 1. The van der Waals surface area contributed by atoms with Crippen LogP contribution in [0.2, 0.25) is 0 Å². The van der Waals surface area contributed by atoms with Gasteiger partial charge in [-0.2, -0.15) is 13.2 Å². The molecule has 4 nitrogen and oxygen atoms in total. The summed E-state index contributed by atoms with van der Waals surface area (Å²) in [5, 5.41) is 0. The molecule has 0 saturated heterocycles. The van der Waals surface area contributed by atoms with Crippen molar-refractivity contribution >= 4 is 27.4 Å². The fourth-order valence-electron chi connectivity index (χ4n) is 1.19. The summed E-state index contributed by atoms with van der Waals surface area (Å²) in [6.45, 7) is 0. The fourth-order valence-corrected chi connectivity index (χ4v) is 1.62. The zero-order valence-corrected chi connectivity index (χ0v) is 9.62. The van der Waals surface area contributed by atoms with Gasteiger partial charge in [-0.05, 0) is 28.1 Å². The molecule has 0 atom stereocenters. The third kappa shape index (κ3) is 2.26. The molecule has 0 radical (unpaired) electrons. The number of alkyl halides is 3. The lowest BCUT2D eigenvalue weighted by molar-refractivity contribution is -0.189. The molecule has 0 aliphatic rings. The first-order chi connectivity index (χ1) is 7.89. The van der Waals surface area contributed by atoms with E-state index in [4.69, 9.17) is 0 Å². The van der Waals surface area contributed by atoms with Crippen LogP contribution in [-0.4, -0.2) is 21.5 Å². The van der Waals surface area contributed by atoms with Crippen molar-refractivity contribution in [2.75, 3.05) is 0 Å². The number of carbonyl (C=O) groups excluding carboxylic acids is 1. The first kappa shape index (κ1) is 11.9. The highest BCUT2D eigenvalue weighted by molar-refractivity contribution is 9.10. The predicted molar refractivity (Wildman–Crippen MR) is 54.6 cm³/mol. The molecule has 0 N–H and O–H groups in total. The van der Waals surface area contributed by atoms with E-state index in [0.29, 0.717) is 4.60 Å². The molecule has 0 saturated carbocycles. The molecule has 2 aromatic heterocycles. The summed E-state index contributed by atoms with van der Waals surface area (Å²) in [6.07, 6.45) is -3.79. The van der Waals surface area contributed by atoms with E-state index in [0.717, 1.165) is 0 Å². The number of esters is 1. The number of hydrogen-bond donors (Lipinski definition) is 0. The number of pyridine rings is 1. The Morgan fingerprint density at radius 2 is 2.12 bits per heavy atom.